The summed E-state index contributed by atoms with van der Waals surface area (Å²) in [5.41, 5.74) is 1.20. The maximum atomic E-state index is 13.5. The molecule has 24 heavy (non-hydrogen) atoms. The predicted molar refractivity (Wildman–Crippen MR) is 92.2 cm³/mol. The van der Waals surface area contributed by atoms with Gasteiger partial charge >= 0.3 is 0 Å². The van der Waals surface area contributed by atoms with Gasteiger partial charge in [-0.1, -0.05) is 0 Å². The Labute approximate surface area is 141 Å². The lowest BCUT2D eigenvalue weighted by molar-refractivity contribution is 0.0955. The van der Waals surface area contributed by atoms with Crippen LogP contribution >= 0.6 is 11.3 Å². The first-order valence-electron chi connectivity index (χ1n) is 7.48. The van der Waals surface area contributed by atoms with Crippen LogP contribution in [0.4, 0.5) is 4.39 Å². The Balaban J connectivity index is 1.78. The van der Waals surface area contributed by atoms with E-state index in [1.807, 2.05) is 13.8 Å². The Morgan fingerprint density at radius 3 is 2.83 bits per heavy atom. The molecule has 0 bridgehead atoms. The number of H-pyrrole nitrogens is 1. The molecule has 0 aliphatic carbocycles. The van der Waals surface area contributed by atoms with Gasteiger partial charge in [0.15, 0.2) is 0 Å². The van der Waals surface area contributed by atoms with Gasteiger partial charge in [0.25, 0.3) is 5.91 Å². The van der Waals surface area contributed by atoms with Crippen LogP contribution in [0, 0.1) is 19.7 Å². The van der Waals surface area contributed by atoms with Gasteiger partial charge in [-0.2, -0.15) is 0 Å². The summed E-state index contributed by atoms with van der Waals surface area (Å²) in [6, 6.07) is 5.12. The van der Waals surface area contributed by atoms with E-state index in [9.17, 15) is 14.0 Å². The summed E-state index contributed by atoms with van der Waals surface area (Å²) >= 11 is 1.60. The van der Waals surface area contributed by atoms with Crippen LogP contribution in [0.5, 0.6) is 0 Å². The largest absolute Gasteiger partial charge is 0.352 e. The van der Waals surface area contributed by atoms with Gasteiger partial charge in [0, 0.05) is 34.8 Å². The molecule has 1 aromatic carbocycles. The second-order valence-corrected chi connectivity index (χ2v) is 6.78. The molecule has 0 radical (unpaired) electrons. The molecule has 0 unspecified atom stereocenters. The van der Waals surface area contributed by atoms with E-state index >= 15 is 0 Å². The van der Waals surface area contributed by atoms with Gasteiger partial charge in [0.2, 0.25) is 5.56 Å². The highest BCUT2D eigenvalue weighted by Crippen LogP contribution is 2.18. The van der Waals surface area contributed by atoms with Crippen LogP contribution in [0.3, 0.4) is 0 Å². The zero-order valence-corrected chi connectivity index (χ0v) is 14.1. The third-order valence-electron chi connectivity index (χ3n) is 3.75. The SMILES string of the molecule is Cc1nc(CCNC(=O)c2cc(=O)[nH]c3ccc(F)cc23)sc1C. The quantitative estimate of drug-likeness (QED) is 0.763. The maximum absolute atomic E-state index is 13.5. The molecule has 0 spiro atoms. The number of thiazole rings is 1. The Bertz CT molecular complexity index is 958. The summed E-state index contributed by atoms with van der Waals surface area (Å²) < 4.78 is 13.5. The minimum Gasteiger partial charge on any atom is -0.352 e. The number of nitrogens with zero attached hydrogens (tertiary/aromatic N) is 1. The number of nitrogens with one attached hydrogen (secondary N) is 2. The molecule has 3 rings (SSSR count). The Morgan fingerprint density at radius 1 is 1.33 bits per heavy atom. The molecule has 2 N–H and O–H groups in total. The molecule has 0 saturated heterocycles. The standard InChI is InChI=1S/C17H16FN3O2S/c1-9-10(2)24-16(20-9)5-6-19-17(23)13-8-15(22)21-14-4-3-11(18)7-12(13)14/h3-4,7-8H,5-6H2,1-2H3,(H,19,23)(H,21,22). The second-order valence-electron chi connectivity index (χ2n) is 5.49. The lowest BCUT2D eigenvalue weighted by atomic mass is 10.1. The molecule has 7 heteroatoms. The van der Waals surface area contributed by atoms with Crippen LogP contribution in [0.25, 0.3) is 10.9 Å². The van der Waals surface area contributed by atoms with Crippen molar-refractivity contribution in [2.75, 3.05) is 6.54 Å². The van der Waals surface area contributed by atoms with E-state index in [1.54, 1.807) is 11.3 Å². The van der Waals surface area contributed by atoms with E-state index in [2.05, 4.69) is 15.3 Å². The number of rotatable bonds is 4. The van der Waals surface area contributed by atoms with E-state index in [0.717, 1.165) is 15.6 Å². The molecule has 5 nitrogen and oxygen atoms in total. The fourth-order valence-electron chi connectivity index (χ4n) is 2.44. The Hall–Kier alpha value is -2.54. The van der Waals surface area contributed by atoms with Crippen molar-refractivity contribution in [1.82, 2.24) is 15.3 Å². The summed E-state index contributed by atoms with van der Waals surface area (Å²) in [5.74, 6) is -0.862. The van der Waals surface area contributed by atoms with E-state index in [0.29, 0.717) is 23.9 Å². The highest BCUT2D eigenvalue weighted by atomic mass is 32.1. The van der Waals surface area contributed by atoms with Gasteiger partial charge in [-0.25, -0.2) is 9.37 Å². The lowest BCUT2D eigenvalue weighted by Gasteiger charge is -2.07. The number of hydrogen-bond acceptors (Lipinski definition) is 4. The van der Waals surface area contributed by atoms with E-state index in [4.69, 9.17) is 0 Å². The molecule has 0 aliphatic heterocycles. The van der Waals surface area contributed by atoms with Crippen LogP contribution in [0.2, 0.25) is 0 Å². The lowest BCUT2D eigenvalue weighted by Crippen LogP contribution is -2.27. The molecule has 124 valence electrons. The van der Waals surface area contributed by atoms with Crippen molar-refractivity contribution in [3.63, 3.8) is 0 Å². The average Bonchev–Trinajstić information content (AvgIpc) is 2.85. The molecule has 1 amide bonds. The number of hydrogen-bond donors (Lipinski definition) is 2. The van der Waals surface area contributed by atoms with E-state index in [-0.39, 0.29) is 5.56 Å². The molecule has 2 aromatic heterocycles. The first kappa shape index (κ1) is 16.3. The van der Waals surface area contributed by atoms with Gasteiger partial charge in [0.1, 0.15) is 5.82 Å². The first-order chi connectivity index (χ1) is 11.4. The van der Waals surface area contributed by atoms with Crippen LogP contribution in [0.1, 0.15) is 25.9 Å². The maximum Gasteiger partial charge on any atom is 0.252 e. The minimum absolute atomic E-state index is 0.166. The molecule has 0 saturated carbocycles. The molecule has 0 aliphatic rings. The second kappa shape index (κ2) is 6.52. The molecule has 2 heterocycles. The molecule has 3 aromatic rings. The highest BCUT2D eigenvalue weighted by molar-refractivity contribution is 7.11. The van der Waals surface area contributed by atoms with Crippen LogP contribution < -0.4 is 10.9 Å². The summed E-state index contributed by atoms with van der Waals surface area (Å²) in [7, 11) is 0. The van der Waals surface area contributed by atoms with Gasteiger partial charge in [-0.05, 0) is 32.0 Å². The third-order valence-corrected chi connectivity index (χ3v) is 4.88. The molecular formula is C17H16FN3O2S. The van der Waals surface area contributed by atoms with E-state index < -0.39 is 17.3 Å². The monoisotopic (exact) mass is 345 g/mol. The van der Waals surface area contributed by atoms with Gasteiger partial charge in [-0.15, -0.1) is 11.3 Å². The Morgan fingerprint density at radius 2 is 2.12 bits per heavy atom. The summed E-state index contributed by atoms with van der Waals surface area (Å²) in [6.07, 6.45) is 0.612. The van der Waals surface area contributed by atoms with Crippen molar-refractivity contribution in [3.8, 4) is 0 Å². The van der Waals surface area contributed by atoms with Crippen molar-refractivity contribution in [2.24, 2.45) is 0 Å². The number of halogens is 1. The minimum atomic E-state index is -0.461. The predicted octanol–water partition coefficient (Wildman–Crippen LogP) is 2.71. The number of benzene rings is 1. The fraction of sp³-hybridized carbons (Fsp3) is 0.235. The molecule has 0 fully saturated rings. The number of carbonyl (C=O) groups is 1. The van der Waals surface area contributed by atoms with Crippen LogP contribution in [-0.4, -0.2) is 22.4 Å². The number of carbonyl (C=O) groups excluding carboxylic acids is 1. The normalized spacial score (nSPS) is 11.0. The topological polar surface area (TPSA) is 74.8 Å². The van der Waals surface area contributed by atoms with Crippen molar-refractivity contribution < 1.29 is 9.18 Å². The molecule has 0 atom stereocenters. The number of fused-ring (bicyclic) bond motifs is 1. The van der Waals surface area contributed by atoms with Crippen molar-refractivity contribution in [3.05, 3.63) is 61.6 Å². The summed E-state index contributed by atoms with van der Waals surface area (Å²) in [5, 5.41) is 4.10. The Kier molecular flexibility index (Phi) is 4.44. The van der Waals surface area contributed by atoms with Gasteiger partial charge in [0.05, 0.1) is 16.3 Å². The van der Waals surface area contributed by atoms with Crippen LogP contribution in [-0.2, 0) is 6.42 Å². The molecular weight excluding hydrogens is 329 g/mol. The van der Waals surface area contributed by atoms with Crippen molar-refractivity contribution in [1.29, 1.82) is 0 Å². The number of amides is 1. The van der Waals surface area contributed by atoms with Crippen LogP contribution in [0.15, 0.2) is 29.1 Å². The smallest absolute Gasteiger partial charge is 0.252 e. The first-order valence-corrected chi connectivity index (χ1v) is 8.29. The van der Waals surface area contributed by atoms with Crippen molar-refractivity contribution >= 4 is 28.1 Å². The van der Waals surface area contributed by atoms with Gasteiger partial charge < -0.3 is 10.3 Å². The highest BCUT2D eigenvalue weighted by Gasteiger charge is 2.13. The average molecular weight is 345 g/mol. The van der Waals surface area contributed by atoms with Crippen molar-refractivity contribution in [2.45, 2.75) is 20.3 Å². The summed E-state index contributed by atoms with van der Waals surface area (Å²) in [4.78, 5) is 32.2. The zero-order chi connectivity index (χ0) is 17.3. The number of pyridine rings is 1. The zero-order valence-electron chi connectivity index (χ0n) is 13.3. The number of aromatic nitrogens is 2. The summed E-state index contributed by atoms with van der Waals surface area (Å²) in [6.45, 7) is 4.35. The fourth-order valence-corrected chi connectivity index (χ4v) is 3.37. The van der Waals surface area contributed by atoms with E-state index in [1.165, 1.54) is 24.3 Å². The number of aryl methyl sites for hydroxylation is 2. The number of aromatic amines is 1. The third kappa shape index (κ3) is 3.35. The van der Waals surface area contributed by atoms with Gasteiger partial charge in [-0.3, -0.25) is 9.59 Å².